The molecule has 0 rings (SSSR count). The van der Waals surface area contributed by atoms with Crippen LogP contribution in [0.25, 0.3) is 0 Å². The van der Waals surface area contributed by atoms with Crippen molar-refractivity contribution in [1.29, 1.82) is 0 Å². The van der Waals surface area contributed by atoms with Gasteiger partial charge >= 0.3 is 40.9 Å². The molecule has 2 N–H and O–H groups in total. The van der Waals surface area contributed by atoms with Gasteiger partial charge in [-0.2, -0.15) is 0 Å². The van der Waals surface area contributed by atoms with Crippen molar-refractivity contribution in [2.75, 3.05) is 0 Å². The second-order valence-corrected chi connectivity index (χ2v) is 0.896. The summed E-state index contributed by atoms with van der Waals surface area (Å²) in [5, 5.41) is 15.4. The molecule has 0 spiro atoms. The average molecular weight is 157 g/mol. The van der Waals surface area contributed by atoms with E-state index >= 15 is 0 Å². The summed E-state index contributed by atoms with van der Waals surface area (Å²) in [6, 6.07) is 0. The first kappa shape index (κ1) is 5.63. The second-order valence-electron chi connectivity index (χ2n) is 0.423. The molecular formula is H2BMoO3. The minimum absolute atomic E-state index is 1.14. The number of hydrogen-bond acceptors (Lipinski definition) is 3. The van der Waals surface area contributed by atoms with Crippen LogP contribution in [0.5, 0.6) is 0 Å². The van der Waals surface area contributed by atoms with E-state index in [2.05, 4.69) is 3.31 Å². The Labute approximate surface area is 41.5 Å². The molecule has 0 atom stereocenters. The van der Waals surface area contributed by atoms with Crippen LogP contribution in [-0.4, -0.2) is 17.4 Å². The van der Waals surface area contributed by atoms with Gasteiger partial charge in [-0.05, 0) is 0 Å². The Balaban J connectivity index is 2.54. The fraction of sp³-hybridized carbons (Fsp3) is 0. The zero-order valence-electron chi connectivity index (χ0n) is 2.29. The van der Waals surface area contributed by atoms with Crippen LogP contribution in [0.3, 0.4) is 0 Å². The van der Waals surface area contributed by atoms with Crippen molar-refractivity contribution >= 4 is 7.32 Å². The van der Waals surface area contributed by atoms with Crippen LogP contribution < -0.4 is 0 Å². The molecule has 0 saturated carbocycles. The zero-order valence-corrected chi connectivity index (χ0v) is 4.30. The molecule has 0 aromatic rings. The summed E-state index contributed by atoms with van der Waals surface area (Å²) in [4.78, 5) is 0. The Bertz CT molecular complexity index is 20.9. The van der Waals surface area contributed by atoms with Gasteiger partial charge in [-0.1, -0.05) is 0 Å². The maximum absolute atomic E-state index is 7.70. The van der Waals surface area contributed by atoms with Gasteiger partial charge < -0.3 is 0 Å². The molecule has 0 aliphatic rings. The van der Waals surface area contributed by atoms with E-state index < -0.39 is 7.32 Å². The third-order valence-electron chi connectivity index (χ3n) is 0.0861. The van der Waals surface area contributed by atoms with E-state index in [1.807, 2.05) is 0 Å². The van der Waals surface area contributed by atoms with Crippen LogP contribution in [0.15, 0.2) is 0 Å². The first-order valence-corrected chi connectivity index (χ1v) is 1.74. The van der Waals surface area contributed by atoms with Crippen molar-refractivity contribution in [2.45, 2.75) is 0 Å². The molecule has 0 amide bonds. The summed E-state index contributed by atoms with van der Waals surface area (Å²) in [7, 11) is -1.61. The molecule has 5 heteroatoms. The fourth-order valence-corrected chi connectivity index (χ4v) is 0. The molecule has 0 unspecified atom stereocenters. The average Bonchev–Trinajstić information content (AvgIpc) is 1.38. The number of rotatable bonds is 1. The van der Waals surface area contributed by atoms with E-state index in [4.69, 9.17) is 10.0 Å². The first-order valence-electron chi connectivity index (χ1n) is 0.919. The molecule has 0 saturated heterocycles. The van der Waals surface area contributed by atoms with Crippen LogP contribution in [0.2, 0.25) is 0 Å². The van der Waals surface area contributed by atoms with E-state index in [1.165, 1.54) is 0 Å². The normalized spacial score (nSPS) is 7.60. The summed E-state index contributed by atoms with van der Waals surface area (Å²) >= 11 is 1.14. The van der Waals surface area contributed by atoms with E-state index in [-0.39, 0.29) is 0 Å². The van der Waals surface area contributed by atoms with E-state index in [1.54, 1.807) is 0 Å². The zero-order chi connectivity index (χ0) is 4.28. The van der Waals surface area contributed by atoms with E-state index in [0.29, 0.717) is 0 Å². The molecule has 5 heavy (non-hydrogen) atoms. The van der Waals surface area contributed by atoms with Crippen molar-refractivity contribution in [3.05, 3.63) is 0 Å². The molecule has 0 aliphatic heterocycles. The van der Waals surface area contributed by atoms with Crippen LogP contribution in [0.4, 0.5) is 0 Å². The minimum atomic E-state index is -1.61. The maximum atomic E-state index is 7.70. The summed E-state index contributed by atoms with van der Waals surface area (Å²) in [5.41, 5.74) is 0. The molecular weight excluding hydrogens is 155 g/mol. The van der Waals surface area contributed by atoms with Gasteiger partial charge in [0.1, 0.15) is 0 Å². The standard InChI is InChI=1S/BH2O3.Mo/c2-1(3)4;/h2-3H;/q-1;+1. The van der Waals surface area contributed by atoms with Gasteiger partial charge in [0.2, 0.25) is 0 Å². The van der Waals surface area contributed by atoms with Crippen molar-refractivity contribution in [3.63, 3.8) is 0 Å². The van der Waals surface area contributed by atoms with Crippen LogP contribution >= 0.6 is 0 Å². The van der Waals surface area contributed by atoms with Gasteiger partial charge in [0.05, 0.1) is 0 Å². The Morgan fingerprint density at radius 1 is 1.60 bits per heavy atom. The Morgan fingerprint density at radius 3 is 1.80 bits per heavy atom. The quantitative estimate of drug-likeness (QED) is 0.452. The molecule has 0 aliphatic carbocycles. The topological polar surface area (TPSA) is 49.7 Å². The molecule has 0 bridgehead atoms. The fourth-order valence-electron chi connectivity index (χ4n) is 0. The summed E-state index contributed by atoms with van der Waals surface area (Å²) in [6.45, 7) is 0. The Kier molecular flexibility index (Phi) is 3.21. The SMILES string of the molecule is OB(O)[O][Mo]. The Hall–Kier alpha value is 0.633. The molecule has 0 aromatic heterocycles. The van der Waals surface area contributed by atoms with Crippen molar-refractivity contribution in [2.24, 2.45) is 0 Å². The van der Waals surface area contributed by atoms with Gasteiger partial charge in [-0.25, -0.2) is 0 Å². The van der Waals surface area contributed by atoms with E-state index in [9.17, 15) is 0 Å². The summed E-state index contributed by atoms with van der Waals surface area (Å²) in [5.74, 6) is 0. The van der Waals surface area contributed by atoms with E-state index in [0.717, 1.165) is 20.2 Å². The molecule has 0 heterocycles. The monoisotopic (exact) mass is 159 g/mol. The predicted molar refractivity (Wildman–Crippen MR) is 11.3 cm³/mol. The van der Waals surface area contributed by atoms with Gasteiger partial charge in [-0.15, -0.1) is 0 Å². The van der Waals surface area contributed by atoms with Gasteiger partial charge in [0.15, 0.2) is 0 Å². The van der Waals surface area contributed by atoms with Gasteiger partial charge in [-0.3, -0.25) is 0 Å². The molecule has 3 nitrogen and oxygen atoms in total. The van der Waals surface area contributed by atoms with Crippen LogP contribution in [0.1, 0.15) is 0 Å². The molecule has 0 aromatic carbocycles. The first-order chi connectivity index (χ1) is 2.27. The number of hydrogen-bond donors (Lipinski definition) is 2. The van der Waals surface area contributed by atoms with Crippen molar-refractivity contribution < 1.29 is 33.5 Å². The third-order valence-corrected chi connectivity index (χ3v) is 0.509. The summed E-state index contributed by atoms with van der Waals surface area (Å²) in [6.07, 6.45) is 0. The van der Waals surface area contributed by atoms with Crippen molar-refractivity contribution in [1.82, 2.24) is 0 Å². The summed E-state index contributed by atoms with van der Waals surface area (Å²) < 4.78 is 3.87. The van der Waals surface area contributed by atoms with Gasteiger partial charge in [0, 0.05) is 0 Å². The van der Waals surface area contributed by atoms with Gasteiger partial charge in [0.25, 0.3) is 0 Å². The molecule has 0 radical (unpaired) electrons. The molecule has 29 valence electrons. The molecule has 0 fully saturated rings. The van der Waals surface area contributed by atoms with Crippen molar-refractivity contribution in [3.8, 4) is 0 Å². The van der Waals surface area contributed by atoms with Crippen LogP contribution in [-0.2, 0) is 23.5 Å². The Morgan fingerprint density at radius 2 is 1.80 bits per heavy atom. The second kappa shape index (κ2) is 2.85. The third kappa shape index (κ3) is 4.63. The van der Waals surface area contributed by atoms with Crippen LogP contribution in [0, 0.1) is 0 Å². The predicted octanol–water partition coefficient (Wildman–Crippen LogP) is -1.57.